The molecule has 37 heavy (non-hydrogen) atoms. The zero-order chi connectivity index (χ0) is 26.9. The number of rotatable bonds is 4. The number of phenolic OH excluding ortho intramolecular Hbond substituents is 1. The standard InChI is InChI=1S/C28H38N2O7/c1-7-29(6)20-15-16-10-11-18(31)22-21(16)27(5)23(36-22)19(12-13-28(20,27)34)35-24(32)17-9-8-14-30(17)25(33)37-26(2,3)4/h10-12,17,20,23,31,34H,7-9,13-15H2,1-6H3/t17-,20+,23-,27-,28+/m0/s1. The average molecular weight is 515 g/mol. The van der Waals surface area contributed by atoms with Gasteiger partial charge in [0.2, 0.25) is 0 Å². The van der Waals surface area contributed by atoms with Gasteiger partial charge in [-0.3, -0.25) is 4.90 Å². The summed E-state index contributed by atoms with van der Waals surface area (Å²) in [5.74, 6) is 0.0815. The molecule has 1 aromatic carbocycles. The highest BCUT2D eigenvalue weighted by Crippen LogP contribution is 2.62. The van der Waals surface area contributed by atoms with Crippen LogP contribution in [0.3, 0.4) is 0 Å². The highest BCUT2D eigenvalue weighted by Gasteiger charge is 2.68. The van der Waals surface area contributed by atoms with Crippen LogP contribution in [0.2, 0.25) is 0 Å². The van der Waals surface area contributed by atoms with Crippen molar-refractivity contribution in [3.63, 3.8) is 0 Å². The van der Waals surface area contributed by atoms with Crippen molar-refractivity contribution in [2.24, 2.45) is 0 Å². The van der Waals surface area contributed by atoms with Crippen molar-refractivity contribution in [2.75, 3.05) is 20.1 Å². The molecule has 1 saturated heterocycles. The summed E-state index contributed by atoms with van der Waals surface area (Å²) in [6.45, 7) is 10.5. The van der Waals surface area contributed by atoms with Gasteiger partial charge < -0.3 is 29.3 Å². The first kappa shape index (κ1) is 25.9. The van der Waals surface area contributed by atoms with Gasteiger partial charge in [0.1, 0.15) is 17.4 Å². The van der Waals surface area contributed by atoms with Gasteiger partial charge in [0.05, 0.1) is 11.0 Å². The van der Waals surface area contributed by atoms with Crippen LogP contribution in [0.4, 0.5) is 4.79 Å². The van der Waals surface area contributed by atoms with Crippen LogP contribution in [-0.4, -0.2) is 81.6 Å². The topological polar surface area (TPSA) is 109 Å². The number of nitrogens with zero attached hydrogens (tertiary/aromatic N) is 2. The molecule has 2 aliphatic carbocycles. The van der Waals surface area contributed by atoms with E-state index in [1.165, 1.54) is 4.90 Å². The summed E-state index contributed by atoms with van der Waals surface area (Å²) >= 11 is 0. The van der Waals surface area contributed by atoms with Gasteiger partial charge in [-0.25, -0.2) is 9.59 Å². The van der Waals surface area contributed by atoms with Crippen LogP contribution in [-0.2, 0) is 26.1 Å². The summed E-state index contributed by atoms with van der Waals surface area (Å²) in [6, 6.07) is 2.56. The monoisotopic (exact) mass is 514 g/mol. The molecule has 0 spiro atoms. The molecule has 2 heterocycles. The first-order valence-corrected chi connectivity index (χ1v) is 13.2. The lowest BCUT2D eigenvalue weighted by molar-refractivity contribution is -0.153. The van der Waals surface area contributed by atoms with Crippen molar-refractivity contribution in [3.05, 3.63) is 35.1 Å². The molecule has 0 aromatic heterocycles. The Bertz CT molecular complexity index is 1160. The molecule has 2 aliphatic heterocycles. The highest BCUT2D eigenvalue weighted by molar-refractivity contribution is 5.83. The van der Waals surface area contributed by atoms with E-state index in [2.05, 4.69) is 11.8 Å². The predicted octanol–water partition coefficient (Wildman–Crippen LogP) is 3.25. The zero-order valence-corrected chi connectivity index (χ0v) is 22.5. The van der Waals surface area contributed by atoms with E-state index in [0.717, 1.165) is 17.7 Å². The summed E-state index contributed by atoms with van der Waals surface area (Å²) in [5.41, 5.74) is -1.05. The largest absolute Gasteiger partial charge is 0.504 e. The second kappa shape index (κ2) is 8.63. The molecule has 0 radical (unpaired) electrons. The van der Waals surface area contributed by atoms with Crippen LogP contribution in [0, 0.1) is 0 Å². The van der Waals surface area contributed by atoms with Crippen LogP contribution in [0.1, 0.15) is 65.0 Å². The lowest BCUT2D eigenvalue weighted by Crippen LogP contribution is -2.69. The van der Waals surface area contributed by atoms with Crippen molar-refractivity contribution in [2.45, 2.75) is 95.1 Å². The molecule has 9 nitrogen and oxygen atoms in total. The first-order valence-electron chi connectivity index (χ1n) is 13.2. The number of likely N-dealkylation sites (tertiary alicyclic amines) is 1. The SMILES string of the molecule is CCN(C)[C@@H]1Cc2ccc(O)c3c2[C@@]2(C)[C@@H](O3)C(OC(=O)[C@@H]3CCCN3C(=O)OC(C)(C)C)=CC[C@@]12O. The van der Waals surface area contributed by atoms with Crippen molar-refractivity contribution < 1.29 is 34.0 Å². The normalized spacial score (nSPS) is 32.1. The number of carbonyl (C=O) groups excluding carboxylic acids is 2. The summed E-state index contributed by atoms with van der Waals surface area (Å²) in [5, 5.41) is 22.9. The van der Waals surface area contributed by atoms with Gasteiger partial charge in [0.15, 0.2) is 17.6 Å². The second-order valence-corrected chi connectivity index (χ2v) is 11.9. The minimum atomic E-state index is -1.21. The number of amides is 1. The predicted molar refractivity (Wildman–Crippen MR) is 135 cm³/mol. The molecule has 0 saturated carbocycles. The highest BCUT2D eigenvalue weighted by atomic mass is 16.6. The Hall–Kier alpha value is -2.78. The molecule has 5 atom stereocenters. The number of benzene rings is 1. The van der Waals surface area contributed by atoms with Crippen LogP contribution in [0.25, 0.3) is 0 Å². The van der Waals surface area contributed by atoms with Crippen LogP contribution in [0.5, 0.6) is 11.5 Å². The molecular formula is C28H38N2O7. The minimum Gasteiger partial charge on any atom is -0.504 e. The lowest BCUT2D eigenvalue weighted by Gasteiger charge is -2.56. The number of ether oxygens (including phenoxy) is 3. The molecule has 2 N–H and O–H groups in total. The first-order chi connectivity index (χ1) is 17.3. The Morgan fingerprint density at radius 1 is 1.30 bits per heavy atom. The van der Waals surface area contributed by atoms with Gasteiger partial charge in [-0.15, -0.1) is 0 Å². The summed E-state index contributed by atoms with van der Waals surface area (Å²) in [4.78, 5) is 29.7. The number of aromatic hydroxyl groups is 1. The van der Waals surface area contributed by atoms with E-state index in [1.54, 1.807) is 32.9 Å². The fourth-order valence-corrected chi connectivity index (χ4v) is 6.63. The van der Waals surface area contributed by atoms with Crippen LogP contribution >= 0.6 is 0 Å². The van der Waals surface area contributed by atoms with Crippen LogP contribution in [0.15, 0.2) is 24.0 Å². The molecule has 202 valence electrons. The van der Waals surface area contributed by atoms with E-state index >= 15 is 0 Å². The number of hydrogen-bond donors (Lipinski definition) is 2. The third-order valence-electron chi connectivity index (χ3n) is 8.64. The maximum Gasteiger partial charge on any atom is 0.411 e. The molecule has 5 rings (SSSR count). The fraction of sp³-hybridized carbons (Fsp3) is 0.643. The molecule has 1 amide bonds. The number of carbonyl (C=O) groups is 2. The second-order valence-electron chi connectivity index (χ2n) is 11.9. The molecular weight excluding hydrogens is 476 g/mol. The quantitative estimate of drug-likeness (QED) is 0.590. The van der Waals surface area contributed by atoms with Gasteiger partial charge in [-0.1, -0.05) is 13.0 Å². The zero-order valence-electron chi connectivity index (χ0n) is 22.5. The minimum absolute atomic E-state index is 0.00316. The van der Waals surface area contributed by atoms with Gasteiger partial charge in [-0.2, -0.15) is 0 Å². The number of aliphatic hydroxyl groups is 1. The molecule has 1 aromatic rings. The number of hydrogen-bond acceptors (Lipinski definition) is 8. The summed E-state index contributed by atoms with van der Waals surface area (Å²) in [7, 11) is 1.99. The summed E-state index contributed by atoms with van der Waals surface area (Å²) < 4.78 is 17.8. The molecule has 9 heteroatoms. The maximum absolute atomic E-state index is 13.4. The van der Waals surface area contributed by atoms with Crippen molar-refractivity contribution in [1.82, 2.24) is 9.80 Å². The van der Waals surface area contributed by atoms with Gasteiger partial charge in [0, 0.05) is 24.6 Å². The third-order valence-corrected chi connectivity index (χ3v) is 8.64. The fourth-order valence-electron chi connectivity index (χ4n) is 6.63. The Labute approximate surface area is 218 Å². The molecule has 1 fully saturated rings. The van der Waals surface area contributed by atoms with E-state index in [1.807, 2.05) is 20.0 Å². The molecule has 4 aliphatic rings. The van der Waals surface area contributed by atoms with E-state index in [9.17, 15) is 19.8 Å². The number of esters is 1. The van der Waals surface area contributed by atoms with Crippen LogP contribution < -0.4 is 4.74 Å². The van der Waals surface area contributed by atoms with E-state index in [4.69, 9.17) is 14.2 Å². The number of phenols is 1. The van der Waals surface area contributed by atoms with E-state index < -0.39 is 40.8 Å². The average Bonchev–Trinajstić information content (AvgIpc) is 3.44. The molecule has 0 unspecified atom stereocenters. The Morgan fingerprint density at radius 2 is 2.03 bits per heavy atom. The van der Waals surface area contributed by atoms with Gasteiger partial charge in [0.25, 0.3) is 0 Å². The summed E-state index contributed by atoms with van der Waals surface area (Å²) in [6.07, 6.45) is 2.42. The number of likely N-dealkylation sites (N-methyl/N-ethyl adjacent to an activating group) is 1. The maximum atomic E-state index is 13.4. The Morgan fingerprint density at radius 3 is 2.70 bits per heavy atom. The molecule has 0 bridgehead atoms. The Kier molecular flexibility index (Phi) is 6.03. The van der Waals surface area contributed by atoms with Crippen molar-refractivity contribution in [3.8, 4) is 11.5 Å². The van der Waals surface area contributed by atoms with Crippen molar-refractivity contribution >= 4 is 12.1 Å². The van der Waals surface area contributed by atoms with Crippen molar-refractivity contribution in [1.29, 1.82) is 0 Å². The van der Waals surface area contributed by atoms with Gasteiger partial charge >= 0.3 is 12.1 Å². The van der Waals surface area contributed by atoms with E-state index in [0.29, 0.717) is 37.3 Å². The lowest BCUT2D eigenvalue weighted by atomic mass is 9.54. The Balaban J connectivity index is 1.47. The smallest absolute Gasteiger partial charge is 0.411 e. The third kappa shape index (κ3) is 3.81. The van der Waals surface area contributed by atoms with Gasteiger partial charge in [-0.05, 0) is 78.3 Å². The van der Waals surface area contributed by atoms with E-state index in [-0.39, 0.29) is 18.2 Å².